The number of hydrogen-bond acceptors (Lipinski definition) is 1. The van der Waals surface area contributed by atoms with Gasteiger partial charge in [0.2, 0.25) is 0 Å². The van der Waals surface area contributed by atoms with Gasteiger partial charge in [-0.2, -0.15) is 5.10 Å². The molecule has 2 rings (SSSR count). The van der Waals surface area contributed by atoms with Gasteiger partial charge in [0.15, 0.2) is 0 Å². The molecule has 1 aromatic carbocycles. The molecule has 0 aliphatic rings. The first-order valence-electron chi connectivity index (χ1n) is 4.66. The monoisotopic (exact) mass is 226 g/mol. The number of hydrogen-bond donors (Lipinski definition) is 0. The summed E-state index contributed by atoms with van der Waals surface area (Å²) in [6, 6.07) is 6.93. The molecule has 0 saturated carbocycles. The van der Waals surface area contributed by atoms with Gasteiger partial charge in [0, 0.05) is 7.05 Å². The van der Waals surface area contributed by atoms with E-state index in [0.717, 1.165) is 0 Å². The van der Waals surface area contributed by atoms with Crippen molar-refractivity contribution < 1.29 is 13.2 Å². The van der Waals surface area contributed by atoms with Crippen LogP contribution in [-0.4, -0.2) is 9.78 Å². The molecule has 0 aliphatic heterocycles. The van der Waals surface area contributed by atoms with Crippen LogP contribution in [0.1, 0.15) is 12.1 Å². The zero-order valence-corrected chi connectivity index (χ0v) is 8.49. The maximum absolute atomic E-state index is 12.7. The molecule has 0 saturated heterocycles. The highest BCUT2D eigenvalue weighted by Gasteiger charge is 2.14. The second-order valence-corrected chi connectivity index (χ2v) is 3.39. The first-order valence-corrected chi connectivity index (χ1v) is 4.66. The molecule has 0 atom stereocenters. The van der Waals surface area contributed by atoms with E-state index in [0.29, 0.717) is 11.3 Å². The molecule has 0 radical (unpaired) electrons. The van der Waals surface area contributed by atoms with Gasteiger partial charge in [-0.05, 0) is 35.9 Å². The van der Waals surface area contributed by atoms with Crippen molar-refractivity contribution in [3.05, 3.63) is 41.8 Å². The van der Waals surface area contributed by atoms with Crippen molar-refractivity contribution in [2.75, 3.05) is 0 Å². The third-order valence-corrected chi connectivity index (χ3v) is 2.26. The van der Waals surface area contributed by atoms with Crippen molar-refractivity contribution >= 4 is 0 Å². The van der Waals surface area contributed by atoms with E-state index in [2.05, 4.69) is 5.10 Å². The Balaban J connectivity index is 2.44. The second kappa shape index (κ2) is 4.00. The fourth-order valence-corrected chi connectivity index (χ4v) is 1.49. The summed E-state index contributed by atoms with van der Waals surface area (Å²) in [6.45, 7) is 0. The summed E-state index contributed by atoms with van der Waals surface area (Å²) < 4.78 is 38.9. The predicted octanol–water partition coefficient (Wildman–Crippen LogP) is 3.16. The van der Waals surface area contributed by atoms with Crippen LogP contribution in [0.2, 0.25) is 0 Å². The maximum Gasteiger partial charge on any atom is 0.282 e. The van der Waals surface area contributed by atoms with Crippen molar-refractivity contribution in [2.45, 2.75) is 6.43 Å². The topological polar surface area (TPSA) is 17.8 Å². The number of halogens is 3. The van der Waals surface area contributed by atoms with E-state index in [1.165, 1.54) is 35.0 Å². The Labute approximate surface area is 90.3 Å². The van der Waals surface area contributed by atoms with Crippen LogP contribution in [0.25, 0.3) is 11.3 Å². The molecule has 0 bridgehead atoms. The van der Waals surface area contributed by atoms with Crippen LogP contribution in [0, 0.1) is 5.82 Å². The minimum Gasteiger partial charge on any atom is -0.267 e. The standard InChI is InChI=1S/C11H9F3N2/c1-16-10(6-9(15-16)11(13)14)7-2-4-8(12)5-3-7/h2-6,11H,1H3. The van der Waals surface area contributed by atoms with Crippen molar-refractivity contribution in [3.8, 4) is 11.3 Å². The van der Waals surface area contributed by atoms with Crippen molar-refractivity contribution in [2.24, 2.45) is 7.05 Å². The van der Waals surface area contributed by atoms with Crippen LogP contribution < -0.4 is 0 Å². The minimum absolute atomic E-state index is 0.276. The molecule has 5 heteroatoms. The summed E-state index contributed by atoms with van der Waals surface area (Å²) in [6.07, 6.45) is -2.60. The summed E-state index contributed by atoms with van der Waals surface area (Å²) in [4.78, 5) is 0. The van der Waals surface area contributed by atoms with E-state index in [-0.39, 0.29) is 11.5 Å². The van der Waals surface area contributed by atoms with Crippen LogP contribution in [0.5, 0.6) is 0 Å². The predicted molar refractivity (Wildman–Crippen MR) is 53.6 cm³/mol. The van der Waals surface area contributed by atoms with E-state index in [4.69, 9.17) is 0 Å². The Kier molecular flexibility index (Phi) is 2.68. The van der Waals surface area contributed by atoms with Gasteiger partial charge < -0.3 is 0 Å². The fraction of sp³-hybridized carbons (Fsp3) is 0.182. The van der Waals surface area contributed by atoms with E-state index >= 15 is 0 Å². The molecule has 0 spiro atoms. The Morgan fingerprint density at radius 3 is 2.31 bits per heavy atom. The molecule has 0 fully saturated rings. The molecule has 0 aliphatic carbocycles. The molecule has 1 heterocycles. The van der Waals surface area contributed by atoms with Crippen LogP contribution >= 0.6 is 0 Å². The average Bonchev–Trinajstić information content (AvgIpc) is 2.62. The summed E-state index contributed by atoms with van der Waals surface area (Å²) in [5.41, 5.74) is 0.917. The first-order chi connectivity index (χ1) is 7.58. The molecular formula is C11H9F3N2. The number of nitrogens with zero attached hydrogens (tertiary/aromatic N) is 2. The first kappa shape index (κ1) is 10.7. The number of aromatic nitrogens is 2. The summed E-state index contributed by atoms with van der Waals surface area (Å²) >= 11 is 0. The summed E-state index contributed by atoms with van der Waals surface area (Å²) in [7, 11) is 1.57. The van der Waals surface area contributed by atoms with E-state index < -0.39 is 6.43 Å². The summed E-state index contributed by atoms with van der Waals surface area (Å²) in [5.74, 6) is -0.361. The normalized spacial score (nSPS) is 11.1. The van der Waals surface area contributed by atoms with Gasteiger partial charge in [-0.3, -0.25) is 4.68 Å². The number of rotatable bonds is 2. The van der Waals surface area contributed by atoms with Crippen LogP contribution in [0.3, 0.4) is 0 Å². The fourth-order valence-electron chi connectivity index (χ4n) is 1.49. The Morgan fingerprint density at radius 2 is 1.81 bits per heavy atom. The molecule has 0 N–H and O–H groups in total. The third kappa shape index (κ3) is 1.93. The highest BCUT2D eigenvalue weighted by atomic mass is 19.3. The molecule has 0 unspecified atom stereocenters. The van der Waals surface area contributed by atoms with Crippen molar-refractivity contribution in [3.63, 3.8) is 0 Å². The Bertz CT molecular complexity index is 488. The largest absolute Gasteiger partial charge is 0.282 e. The lowest BCUT2D eigenvalue weighted by Gasteiger charge is -2.00. The molecule has 0 amide bonds. The molecule has 2 nitrogen and oxygen atoms in total. The lowest BCUT2D eigenvalue weighted by Crippen LogP contribution is -1.94. The minimum atomic E-state index is -2.60. The highest BCUT2D eigenvalue weighted by Crippen LogP contribution is 2.24. The van der Waals surface area contributed by atoms with E-state index in [1.807, 2.05) is 0 Å². The van der Waals surface area contributed by atoms with E-state index in [9.17, 15) is 13.2 Å². The second-order valence-electron chi connectivity index (χ2n) is 3.39. The number of alkyl halides is 2. The van der Waals surface area contributed by atoms with Gasteiger partial charge in [0.25, 0.3) is 6.43 Å². The van der Waals surface area contributed by atoms with Gasteiger partial charge in [-0.1, -0.05) is 0 Å². The highest BCUT2D eigenvalue weighted by molar-refractivity contribution is 5.59. The van der Waals surface area contributed by atoms with Gasteiger partial charge in [-0.15, -0.1) is 0 Å². The van der Waals surface area contributed by atoms with Crippen LogP contribution in [-0.2, 0) is 7.05 Å². The average molecular weight is 226 g/mol. The molecule has 84 valence electrons. The Morgan fingerprint density at radius 1 is 1.19 bits per heavy atom. The SMILES string of the molecule is Cn1nc(C(F)F)cc1-c1ccc(F)cc1. The molecular weight excluding hydrogens is 217 g/mol. The molecule has 1 aromatic heterocycles. The van der Waals surface area contributed by atoms with Gasteiger partial charge in [-0.25, -0.2) is 13.2 Å². The molecule has 2 aromatic rings. The van der Waals surface area contributed by atoms with Gasteiger partial charge in [0.1, 0.15) is 11.5 Å². The van der Waals surface area contributed by atoms with E-state index in [1.54, 1.807) is 7.05 Å². The van der Waals surface area contributed by atoms with Crippen LogP contribution in [0.15, 0.2) is 30.3 Å². The summed E-state index contributed by atoms with van der Waals surface area (Å²) in [5, 5.41) is 3.68. The number of benzene rings is 1. The third-order valence-electron chi connectivity index (χ3n) is 2.26. The smallest absolute Gasteiger partial charge is 0.267 e. The zero-order chi connectivity index (χ0) is 11.7. The maximum atomic E-state index is 12.7. The van der Waals surface area contributed by atoms with Crippen molar-refractivity contribution in [1.29, 1.82) is 0 Å². The van der Waals surface area contributed by atoms with Crippen LogP contribution in [0.4, 0.5) is 13.2 Å². The number of aryl methyl sites for hydroxylation is 1. The quantitative estimate of drug-likeness (QED) is 0.769. The Hall–Kier alpha value is -1.78. The zero-order valence-electron chi connectivity index (χ0n) is 8.49. The van der Waals surface area contributed by atoms with Crippen molar-refractivity contribution in [1.82, 2.24) is 9.78 Å². The van der Waals surface area contributed by atoms with Gasteiger partial charge in [0.05, 0.1) is 5.69 Å². The lowest BCUT2D eigenvalue weighted by atomic mass is 10.1. The molecule has 16 heavy (non-hydrogen) atoms. The lowest BCUT2D eigenvalue weighted by molar-refractivity contribution is 0.145. The van der Waals surface area contributed by atoms with Gasteiger partial charge >= 0.3 is 0 Å².